The molecule has 0 atom stereocenters. The summed E-state index contributed by atoms with van der Waals surface area (Å²) in [6.45, 7) is -0.555. The Kier molecular flexibility index (Phi) is 8.28. The molecule has 1 heterocycles. The summed E-state index contributed by atoms with van der Waals surface area (Å²) in [5.74, 6) is 4.64. The number of halogens is 2. The number of carbonyl (C=O) groups is 3. The fourth-order valence-corrected chi connectivity index (χ4v) is 3.60. The Morgan fingerprint density at radius 2 is 1.69 bits per heavy atom. The van der Waals surface area contributed by atoms with E-state index in [0.717, 1.165) is 10.4 Å². The highest BCUT2D eigenvalue weighted by atomic mass is 35.5. The van der Waals surface area contributed by atoms with Gasteiger partial charge in [0.05, 0.1) is 28.6 Å². The first-order chi connectivity index (χ1) is 15.4. The number of nitrogens with one attached hydrogen (secondary N) is 3. The Balaban J connectivity index is 1.45. The zero-order valence-corrected chi connectivity index (χ0v) is 18.9. The number of hydrogen-bond donors (Lipinski definition) is 3. The van der Waals surface area contributed by atoms with Gasteiger partial charge in [0, 0.05) is 16.3 Å². The summed E-state index contributed by atoms with van der Waals surface area (Å²) in [6, 6.07) is 15.4. The normalized spacial score (nSPS) is 9.94. The first kappa shape index (κ1) is 23.4. The molecule has 0 fully saturated rings. The Morgan fingerprint density at radius 1 is 0.875 bits per heavy atom. The van der Waals surface area contributed by atoms with Crippen LogP contribution in [0.1, 0.15) is 20.8 Å². The maximum atomic E-state index is 12.1. The van der Waals surface area contributed by atoms with E-state index in [-0.39, 0.29) is 23.7 Å². The van der Waals surface area contributed by atoms with Gasteiger partial charge < -0.3 is 16.0 Å². The summed E-state index contributed by atoms with van der Waals surface area (Å²) in [4.78, 5) is 37.1. The maximum absolute atomic E-state index is 12.1. The van der Waals surface area contributed by atoms with Crippen molar-refractivity contribution in [1.29, 1.82) is 0 Å². The molecule has 3 rings (SSSR count). The average Bonchev–Trinajstić information content (AvgIpc) is 3.28. The number of carbonyl (C=O) groups excluding carboxylic acids is 3. The van der Waals surface area contributed by atoms with Gasteiger partial charge in [0.2, 0.25) is 11.8 Å². The summed E-state index contributed by atoms with van der Waals surface area (Å²) >= 11 is 13.3. The van der Waals surface area contributed by atoms with Crippen molar-refractivity contribution in [3.05, 3.63) is 86.0 Å². The van der Waals surface area contributed by atoms with E-state index in [4.69, 9.17) is 23.2 Å². The number of anilines is 1. The first-order valence-electron chi connectivity index (χ1n) is 9.36. The molecule has 0 aliphatic rings. The molecule has 6 nitrogen and oxygen atoms in total. The van der Waals surface area contributed by atoms with Crippen molar-refractivity contribution >= 4 is 57.9 Å². The molecule has 0 radical (unpaired) electrons. The monoisotopic (exact) mass is 485 g/mol. The van der Waals surface area contributed by atoms with Gasteiger partial charge in [-0.25, -0.2) is 0 Å². The van der Waals surface area contributed by atoms with Crippen LogP contribution in [0.3, 0.4) is 0 Å². The third-order valence-corrected chi connectivity index (χ3v) is 5.36. The highest BCUT2D eigenvalue weighted by Gasteiger charge is 2.12. The van der Waals surface area contributed by atoms with Gasteiger partial charge in [0.15, 0.2) is 0 Å². The third kappa shape index (κ3) is 7.13. The highest BCUT2D eigenvalue weighted by molar-refractivity contribution is 7.10. The molecule has 3 amide bonds. The molecule has 2 aromatic carbocycles. The number of amides is 3. The molecule has 32 heavy (non-hydrogen) atoms. The minimum absolute atomic E-state index is 0.178. The molecule has 0 aliphatic carbocycles. The minimum atomic E-state index is -0.522. The fourth-order valence-electron chi connectivity index (χ4n) is 2.53. The highest BCUT2D eigenvalue weighted by Crippen LogP contribution is 2.20. The van der Waals surface area contributed by atoms with Crippen LogP contribution >= 0.6 is 34.5 Å². The quantitative estimate of drug-likeness (QED) is 0.462. The van der Waals surface area contributed by atoms with Crippen molar-refractivity contribution in [2.24, 2.45) is 0 Å². The summed E-state index contributed by atoms with van der Waals surface area (Å²) in [5, 5.41) is 10.1. The molecular weight excluding hydrogens is 469 g/mol. The largest absolute Gasteiger partial charge is 0.345 e. The van der Waals surface area contributed by atoms with Crippen molar-refractivity contribution in [1.82, 2.24) is 10.6 Å². The van der Waals surface area contributed by atoms with E-state index in [9.17, 15) is 14.4 Å². The zero-order chi connectivity index (χ0) is 22.9. The van der Waals surface area contributed by atoms with Gasteiger partial charge in [-0.2, -0.15) is 0 Å². The maximum Gasteiger partial charge on any atom is 0.253 e. The van der Waals surface area contributed by atoms with Crippen molar-refractivity contribution in [2.75, 3.05) is 18.4 Å². The van der Waals surface area contributed by atoms with E-state index in [2.05, 4.69) is 27.8 Å². The van der Waals surface area contributed by atoms with Gasteiger partial charge in [0.1, 0.15) is 0 Å². The van der Waals surface area contributed by atoms with Gasteiger partial charge in [0.25, 0.3) is 5.91 Å². The second kappa shape index (κ2) is 11.3. The molecule has 3 N–H and O–H groups in total. The van der Waals surface area contributed by atoms with E-state index < -0.39 is 17.7 Å². The predicted molar refractivity (Wildman–Crippen MR) is 127 cm³/mol. The molecule has 0 saturated heterocycles. The molecule has 1 aromatic heterocycles. The first-order valence-corrected chi connectivity index (χ1v) is 11.0. The predicted octanol–water partition coefficient (Wildman–Crippen LogP) is 3.94. The standard InChI is InChI=1S/C23H17Cl2N3O3S/c24-16-7-9-19(20(25)12-16)23(31)27-13-21(29)26-14-22(30)28-17-4-1-3-15(11-17)6-8-18-5-2-10-32-18/h1-5,7,9-12H,13-14H2,(H,26,29)(H,27,31)(H,28,30). The molecule has 0 unspecified atom stereocenters. The van der Waals surface area contributed by atoms with Gasteiger partial charge in [-0.1, -0.05) is 47.2 Å². The Labute approximate surface area is 198 Å². The lowest BCUT2D eigenvalue weighted by atomic mass is 10.2. The van der Waals surface area contributed by atoms with Crippen LogP contribution < -0.4 is 16.0 Å². The van der Waals surface area contributed by atoms with Crippen molar-refractivity contribution in [3.8, 4) is 11.8 Å². The Hall–Kier alpha value is -3.31. The molecular formula is C23H17Cl2N3O3S. The Bertz CT molecular complexity index is 1200. The third-order valence-electron chi connectivity index (χ3n) is 4.03. The molecule has 0 bridgehead atoms. The van der Waals surface area contributed by atoms with E-state index in [0.29, 0.717) is 10.7 Å². The summed E-state index contributed by atoms with van der Waals surface area (Å²) in [7, 11) is 0. The topological polar surface area (TPSA) is 87.3 Å². The number of thiophene rings is 1. The second-order valence-corrected chi connectivity index (χ2v) is 8.23. The van der Waals surface area contributed by atoms with Crippen LogP contribution in [0.15, 0.2) is 60.0 Å². The van der Waals surface area contributed by atoms with Crippen molar-refractivity contribution < 1.29 is 14.4 Å². The molecule has 0 aliphatic heterocycles. The van der Waals surface area contributed by atoms with Gasteiger partial charge in [-0.3, -0.25) is 14.4 Å². The smallest absolute Gasteiger partial charge is 0.253 e. The van der Waals surface area contributed by atoms with Crippen molar-refractivity contribution in [2.45, 2.75) is 0 Å². The number of benzene rings is 2. The van der Waals surface area contributed by atoms with Gasteiger partial charge in [-0.15, -0.1) is 11.3 Å². The average molecular weight is 486 g/mol. The van der Waals surface area contributed by atoms with Crippen LogP contribution in [0.5, 0.6) is 0 Å². The van der Waals surface area contributed by atoms with Crippen LogP contribution in [0.25, 0.3) is 0 Å². The van der Waals surface area contributed by atoms with Crippen LogP contribution in [0.2, 0.25) is 10.0 Å². The van der Waals surface area contributed by atoms with Crippen LogP contribution in [0.4, 0.5) is 5.69 Å². The summed E-state index contributed by atoms with van der Waals surface area (Å²) < 4.78 is 0. The number of hydrogen-bond acceptors (Lipinski definition) is 4. The fraction of sp³-hybridized carbons (Fsp3) is 0.0870. The van der Waals surface area contributed by atoms with Crippen LogP contribution in [0, 0.1) is 11.8 Å². The summed E-state index contributed by atoms with van der Waals surface area (Å²) in [5.41, 5.74) is 1.51. The van der Waals surface area contributed by atoms with E-state index >= 15 is 0 Å². The SMILES string of the molecule is O=C(CNC(=O)c1ccc(Cl)cc1Cl)NCC(=O)Nc1cccc(C#Cc2cccs2)c1. The van der Waals surface area contributed by atoms with Crippen LogP contribution in [-0.2, 0) is 9.59 Å². The molecule has 9 heteroatoms. The zero-order valence-electron chi connectivity index (χ0n) is 16.6. The van der Waals surface area contributed by atoms with Crippen LogP contribution in [-0.4, -0.2) is 30.8 Å². The second-order valence-electron chi connectivity index (χ2n) is 6.44. The van der Waals surface area contributed by atoms with Gasteiger partial charge >= 0.3 is 0 Å². The van der Waals surface area contributed by atoms with E-state index in [1.807, 2.05) is 23.6 Å². The molecule has 162 valence electrons. The van der Waals surface area contributed by atoms with E-state index in [1.165, 1.54) is 18.2 Å². The lowest BCUT2D eigenvalue weighted by Gasteiger charge is -2.09. The lowest BCUT2D eigenvalue weighted by molar-refractivity contribution is -0.123. The van der Waals surface area contributed by atoms with Gasteiger partial charge in [-0.05, 0) is 47.8 Å². The molecule has 0 saturated carbocycles. The van der Waals surface area contributed by atoms with E-state index in [1.54, 1.807) is 29.5 Å². The molecule has 0 spiro atoms. The summed E-state index contributed by atoms with van der Waals surface area (Å²) in [6.07, 6.45) is 0. The lowest BCUT2D eigenvalue weighted by Crippen LogP contribution is -2.40. The number of rotatable bonds is 6. The van der Waals surface area contributed by atoms with Crippen molar-refractivity contribution in [3.63, 3.8) is 0 Å². The molecule has 3 aromatic rings. The minimum Gasteiger partial charge on any atom is -0.345 e. The Morgan fingerprint density at radius 3 is 2.44 bits per heavy atom.